The van der Waals surface area contributed by atoms with Gasteiger partial charge in [0.15, 0.2) is 0 Å². The molecule has 2 N–H and O–H groups in total. The molecule has 0 saturated heterocycles. The molecule has 1 aromatic rings. The van der Waals surface area contributed by atoms with Gasteiger partial charge in [0.25, 0.3) is 0 Å². The van der Waals surface area contributed by atoms with Crippen LogP contribution in [0.4, 0.5) is 18.0 Å². The predicted molar refractivity (Wildman–Crippen MR) is 96.3 cm³/mol. The van der Waals surface area contributed by atoms with Crippen LogP contribution in [-0.2, 0) is 21.1 Å². The van der Waals surface area contributed by atoms with Gasteiger partial charge in [-0.1, -0.05) is 18.2 Å². The van der Waals surface area contributed by atoms with Gasteiger partial charge >= 0.3 is 12.3 Å². The van der Waals surface area contributed by atoms with Crippen LogP contribution >= 0.6 is 0 Å². The second kappa shape index (κ2) is 8.63. The Morgan fingerprint density at radius 3 is 2.07 bits per heavy atom. The summed E-state index contributed by atoms with van der Waals surface area (Å²) in [6.07, 6.45) is -4.54. The summed E-state index contributed by atoms with van der Waals surface area (Å²) >= 11 is 0. The first-order valence-electron chi connectivity index (χ1n) is 8.66. The van der Waals surface area contributed by atoms with Crippen LogP contribution in [0, 0.1) is 0 Å². The van der Waals surface area contributed by atoms with Crippen LogP contribution in [0.15, 0.2) is 24.3 Å². The minimum Gasteiger partial charge on any atom is -0.444 e. The van der Waals surface area contributed by atoms with Crippen molar-refractivity contribution in [3.63, 3.8) is 0 Å². The summed E-state index contributed by atoms with van der Waals surface area (Å²) in [4.78, 5) is 23.9. The van der Waals surface area contributed by atoms with Crippen molar-refractivity contribution in [1.82, 2.24) is 10.6 Å². The van der Waals surface area contributed by atoms with Gasteiger partial charge in [-0.2, -0.15) is 13.2 Å². The number of halogens is 3. The number of amides is 2. The molecule has 5 nitrogen and oxygen atoms in total. The van der Waals surface area contributed by atoms with E-state index in [1.165, 1.54) is 12.1 Å². The van der Waals surface area contributed by atoms with Crippen LogP contribution in [0.2, 0.25) is 0 Å². The van der Waals surface area contributed by atoms with Crippen molar-refractivity contribution < 1.29 is 27.5 Å². The van der Waals surface area contributed by atoms with Gasteiger partial charge in [-0.25, -0.2) is 4.79 Å². The van der Waals surface area contributed by atoms with E-state index in [1.807, 2.05) is 0 Å². The molecule has 2 amide bonds. The SMILES string of the molecule is CC(C)(C)OC(=O)NCCCNC(=O)C(C)(C)c1cccc(C(F)(F)F)c1. The Labute approximate surface area is 157 Å². The summed E-state index contributed by atoms with van der Waals surface area (Å²) in [5.74, 6) is -0.390. The number of hydrogen-bond acceptors (Lipinski definition) is 3. The molecule has 0 aliphatic rings. The molecule has 0 spiro atoms. The van der Waals surface area contributed by atoms with E-state index in [4.69, 9.17) is 4.74 Å². The summed E-state index contributed by atoms with van der Waals surface area (Å²) in [6, 6.07) is 4.75. The highest BCUT2D eigenvalue weighted by Crippen LogP contribution is 2.32. The number of nitrogens with one attached hydrogen (secondary N) is 2. The van der Waals surface area contributed by atoms with E-state index in [0.717, 1.165) is 12.1 Å². The fourth-order valence-corrected chi connectivity index (χ4v) is 2.23. The molecule has 1 aromatic carbocycles. The normalized spacial score (nSPS) is 12.4. The van der Waals surface area contributed by atoms with Crippen molar-refractivity contribution in [2.45, 2.75) is 58.2 Å². The van der Waals surface area contributed by atoms with Crippen molar-refractivity contribution in [3.8, 4) is 0 Å². The molecule has 8 heteroatoms. The zero-order valence-corrected chi connectivity index (χ0v) is 16.3. The lowest BCUT2D eigenvalue weighted by Crippen LogP contribution is -2.41. The lowest BCUT2D eigenvalue weighted by Gasteiger charge is -2.25. The second-order valence-electron chi connectivity index (χ2n) is 7.74. The minimum absolute atomic E-state index is 0.275. The van der Waals surface area contributed by atoms with Gasteiger partial charge in [0.2, 0.25) is 5.91 Å². The van der Waals surface area contributed by atoms with Crippen molar-refractivity contribution >= 4 is 12.0 Å². The van der Waals surface area contributed by atoms with Crippen molar-refractivity contribution in [3.05, 3.63) is 35.4 Å². The van der Waals surface area contributed by atoms with Crippen LogP contribution in [0.1, 0.15) is 52.2 Å². The average Bonchev–Trinajstić information content (AvgIpc) is 2.52. The predicted octanol–water partition coefficient (Wildman–Crippen LogP) is 4.01. The van der Waals surface area contributed by atoms with Gasteiger partial charge in [-0.15, -0.1) is 0 Å². The molecule has 0 aliphatic carbocycles. The van der Waals surface area contributed by atoms with Gasteiger partial charge in [0.1, 0.15) is 5.60 Å². The topological polar surface area (TPSA) is 67.4 Å². The van der Waals surface area contributed by atoms with E-state index in [1.54, 1.807) is 34.6 Å². The van der Waals surface area contributed by atoms with E-state index in [-0.39, 0.29) is 18.0 Å². The van der Waals surface area contributed by atoms with Crippen LogP contribution in [-0.4, -0.2) is 30.7 Å². The third-order valence-corrected chi connectivity index (χ3v) is 3.79. The second-order valence-corrected chi connectivity index (χ2v) is 7.74. The zero-order valence-electron chi connectivity index (χ0n) is 16.3. The lowest BCUT2D eigenvalue weighted by molar-refractivity contribution is -0.138. The Bertz CT molecular complexity index is 665. The van der Waals surface area contributed by atoms with Crippen LogP contribution in [0.3, 0.4) is 0 Å². The zero-order chi connectivity index (χ0) is 20.9. The number of carbonyl (C=O) groups is 2. The molecular formula is C19H27F3N2O3. The van der Waals surface area contributed by atoms with Gasteiger partial charge in [-0.3, -0.25) is 4.79 Å². The summed E-state index contributed by atoms with van der Waals surface area (Å²) in [5, 5.41) is 5.26. The van der Waals surface area contributed by atoms with E-state index >= 15 is 0 Å². The number of ether oxygens (including phenoxy) is 1. The van der Waals surface area contributed by atoms with E-state index in [0.29, 0.717) is 13.0 Å². The molecule has 0 radical (unpaired) electrons. The Kier molecular flexibility index (Phi) is 7.28. The molecule has 0 unspecified atom stereocenters. The van der Waals surface area contributed by atoms with Crippen molar-refractivity contribution in [2.75, 3.05) is 13.1 Å². The molecule has 1 rings (SSSR count). The Balaban J connectivity index is 2.53. The van der Waals surface area contributed by atoms with Gasteiger partial charge in [0.05, 0.1) is 11.0 Å². The first-order chi connectivity index (χ1) is 12.2. The Morgan fingerprint density at radius 1 is 0.963 bits per heavy atom. The number of alkyl carbamates (subject to hydrolysis) is 1. The average molecular weight is 388 g/mol. The molecule has 152 valence electrons. The fourth-order valence-electron chi connectivity index (χ4n) is 2.23. The molecule has 0 atom stereocenters. The highest BCUT2D eigenvalue weighted by atomic mass is 19.4. The fraction of sp³-hybridized carbons (Fsp3) is 0.579. The molecule has 0 aliphatic heterocycles. The standard InChI is InChI=1S/C19H27F3N2O3/c1-17(2,3)27-16(26)24-11-7-10-23-15(25)18(4,5)13-8-6-9-14(12-13)19(20,21)22/h6,8-9,12H,7,10-11H2,1-5H3,(H,23,25)(H,24,26). The molecule has 0 aromatic heterocycles. The molecule has 0 saturated carbocycles. The summed E-state index contributed by atoms with van der Waals surface area (Å²) in [5.41, 5.74) is -2.23. The molecule has 0 bridgehead atoms. The number of carbonyl (C=O) groups excluding carboxylic acids is 2. The number of benzene rings is 1. The highest BCUT2D eigenvalue weighted by molar-refractivity contribution is 5.87. The highest BCUT2D eigenvalue weighted by Gasteiger charge is 2.34. The number of rotatable bonds is 6. The maximum atomic E-state index is 12.9. The number of alkyl halides is 3. The summed E-state index contributed by atoms with van der Waals surface area (Å²) in [6.45, 7) is 8.97. The van der Waals surface area contributed by atoms with Crippen LogP contribution < -0.4 is 10.6 Å². The Hall–Kier alpha value is -2.25. The number of hydrogen-bond donors (Lipinski definition) is 2. The first-order valence-corrected chi connectivity index (χ1v) is 8.66. The maximum absolute atomic E-state index is 12.9. The molecule has 0 heterocycles. The first kappa shape index (κ1) is 22.8. The van der Waals surface area contributed by atoms with Gasteiger partial charge in [-0.05, 0) is 52.7 Å². The lowest BCUT2D eigenvalue weighted by atomic mass is 9.83. The van der Waals surface area contributed by atoms with E-state index in [9.17, 15) is 22.8 Å². The van der Waals surface area contributed by atoms with E-state index in [2.05, 4.69) is 10.6 Å². The third kappa shape index (κ3) is 7.48. The molecular weight excluding hydrogens is 361 g/mol. The minimum atomic E-state index is -4.46. The Morgan fingerprint density at radius 2 is 1.52 bits per heavy atom. The summed E-state index contributed by atoms with van der Waals surface area (Å²) in [7, 11) is 0. The van der Waals surface area contributed by atoms with Crippen LogP contribution in [0.25, 0.3) is 0 Å². The van der Waals surface area contributed by atoms with Gasteiger partial charge in [0, 0.05) is 13.1 Å². The molecule has 0 fully saturated rings. The monoisotopic (exact) mass is 388 g/mol. The smallest absolute Gasteiger partial charge is 0.416 e. The third-order valence-electron chi connectivity index (χ3n) is 3.79. The quantitative estimate of drug-likeness (QED) is 0.724. The maximum Gasteiger partial charge on any atom is 0.416 e. The van der Waals surface area contributed by atoms with Gasteiger partial charge < -0.3 is 15.4 Å². The largest absolute Gasteiger partial charge is 0.444 e. The molecule has 27 heavy (non-hydrogen) atoms. The van der Waals surface area contributed by atoms with E-state index < -0.39 is 28.8 Å². The van der Waals surface area contributed by atoms with Crippen molar-refractivity contribution in [2.24, 2.45) is 0 Å². The summed E-state index contributed by atoms with van der Waals surface area (Å²) < 4.78 is 43.7. The van der Waals surface area contributed by atoms with Crippen molar-refractivity contribution in [1.29, 1.82) is 0 Å². The van der Waals surface area contributed by atoms with Crippen LogP contribution in [0.5, 0.6) is 0 Å².